The molecule has 0 saturated heterocycles. The monoisotopic (exact) mass is 272 g/mol. The molecule has 1 aromatic carbocycles. The van der Waals surface area contributed by atoms with Gasteiger partial charge in [0.25, 0.3) is 0 Å². The number of rotatable bonds is 7. The van der Waals surface area contributed by atoms with Crippen LogP contribution in [0.25, 0.3) is 0 Å². The van der Waals surface area contributed by atoms with Crippen LogP contribution in [0.15, 0.2) is 18.2 Å². The van der Waals surface area contributed by atoms with E-state index >= 15 is 0 Å². The molecule has 0 spiro atoms. The summed E-state index contributed by atoms with van der Waals surface area (Å²) < 4.78 is 9.87. The Morgan fingerprint density at radius 2 is 2.17 bits per heavy atom. The molecule has 0 saturated carbocycles. The van der Waals surface area contributed by atoms with Crippen LogP contribution in [0.2, 0.25) is 5.02 Å². The summed E-state index contributed by atoms with van der Waals surface area (Å²) in [5.41, 5.74) is 0.766. The van der Waals surface area contributed by atoms with Crippen LogP contribution in [-0.4, -0.2) is 39.8 Å². The van der Waals surface area contributed by atoms with Crippen LogP contribution in [0.1, 0.15) is 0 Å². The highest BCUT2D eigenvalue weighted by Gasteiger charge is 2.03. The Balaban J connectivity index is 2.39. The molecule has 0 fully saturated rings. The van der Waals surface area contributed by atoms with Crippen LogP contribution >= 0.6 is 11.6 Å². The zero-order valence-electron chi connectivity index (χ0n) is 10.5. The molecule has 0 atom stereocenters. The summed E-state index contributed by atoms with van der Waals surface area (Å²) in [4.78, 5) is 11.4. The van der Waals surface area contributed by atoms with Crippen molar-refractivity contribution >= 4 is 23.2 Å². The van der Waals surface area contributed by atoms with Crippen molar-refractivity contribution in [3.8, 4) is 5.75 Å². The number of amides is 1. The standard InChI is InChI=1S/C12H17ClN2O3/c1-17-6-5-14-12(16)8-15-9-3-4-11(18-2)10(13)7-9/h3-4,7,15H,5-6,8H2,1-2H3,(H,14,16). The van der Waals surface area contributed by atoms with E-state index in [1.807, 2.05) is 0 Å². The molecule has 0 aliphatic rings. The molecule has 5 nitrogen and oxygen atoms in total. The third-order valence-corrected chi connectivity index (χ3v) is 2.53. The minimum absolute atomic E-state index is 0.0982. The van der Waals surface area contributed by atoms with Crippen LogP contribution in [0, 0.1) is 0 Å². The first-order valence-electron chi connectivity index (χ1n) is 5.50. The Bertz CT molecular complexity index is 399. The molecule has 1 amide bonds. The lowest BCUT2D eigenvalue weighted by Crippen LogP contribution is -2.32. The van der Waals surface area contributed by atoms with Gasteiger partial charge < -0.3 is 20.1 Å². The number of carbonyl (C=O) groups excluding carboxylic acids is 1. The summed E-state index contributed by atoms with van der Waals surface area (Å²) in [6.45, 7) is 1.19. The van der Waals surface area contributed by atoms with Gasteiger partial charge in [-0.2, -0.15) is 0 Å². The smallest absolute Gasteiger partial charge is 0.239 e. The van der Waals surface area contributed by atoms with Crippen molar-refractivity contribution < 1.29 is 14.3 Å². The minimum atomic E-state index is -0.0982. The highest BCUT2D eigenvalue weighted by molar-refractivity contribution is 6.32. The van der Waals surface area contributed by atoms with E-state index in [-0.39, 0.29) is 12.5 Å². The van der Waals surface area contributed by atoms with Gasteiger partial charge in [-0.05, 0) is 18.2 Å². The SMILES string of the molecule is COCCNC(=O)CNc1ccc(OC)c(Cl)c1. The molecule has 1 rings (SSSR count). The first-order valence-corrected chi connectivity index (χ1v) is 5.88. The zero-order valence-corrected chi connectivity index (χ0v) is 11.2. The van der Waals surface area contributed by atoms with Gasteiger partial charge in [0.2, 0.25) is 5.91 Å². The lowest BCUT2D eigenvalue weighted by molar-refractivity contribution is -0.119. The van der Waals surface area contributed by atoms with Crippen molar-refractivity contribution in [1.29, 1.82) is 0 Å². The summed E-state index contributed by atoms with van der Waals surface area (Å²) in [6, 6.07) is 5.25. The van der Waals surface area contributed by atoms with Crippen molar-refractivity contribution in [3.63, 3.8) is 0 Å². The van der Waals surface area contributed by atoms with Gasteiger partial charge in [-0.25, -0.2) is 0 Å². The van der Waals surface area contributed by atoms with Crippen molar-refractivity contribution in [2.24, 2.45) is 0 Å². The molecule has 2 N–H and O–H groups in total. The normalized spacial score (nSPS) is 9.94. The fourth-order valence-corrected chi connectivity index (χ4v) is 1.57. The Morgan fingerprint density at radius 3 is 2.78 bits per heavy atom. The van der Waals surface area contributed by atoms with E-state index in [0.29, 0.717) is 23.9 Å². The van der Waals surface area contributed by atoms with Gasteiger partial charge in [-0.3, -0.25) is 4.79 Å². The number of methoxy groups -OCH3 is 2. The summed E-state index contributed by atoms with van der Waals surface area (Å²) in [5.74, 6) is 0.505. The molecule has 100 valence electrons. The maximum Gasteiger partial charge on any atom is 0.239 e. The maximum atomic E-state index is 11.4. The number of hydrogen-bond acceptors (Lipinski definition) is 4. The second-order valence-electron chi connectivity index (χ2n) is 3.55. The van der Waals surface area contributed by atoms with E-state index in [1.54, 1.807) is 32.4 Å². The van der Waals surface area contributed by atoms with Crippen molar-refractivity contribution in [3.05, 3.63) is 23.2 Å². The van der Waals surface area contributed by atoms with Gasteiger partial charge in [0.15, 0.2) is 0 Å². The minimum Gasteiger partial charge on any atom is -0.495 e. The fraction of sp³-hybridized carbons (Fsp3) is 0.417. The van der Waals surface area contributed by atoms with Crippen LogP contribution in [-0.2, 0) is 9.53 Å². The Labute approximate surface area is 111 Å². The van der Waals surface area contributed by atoms with Crippen LogP contribution in [0.5, 0.6) is 5.75 Å². The molecule has 0 aromatic heterocycles. The average Bonchev–Trinajstić information content (AvgIpc) is 2.37. The van der Waals surface area contributed by atoms with Gasteiger partial charge >= 0.3 is 0 Å². The zero-order chi connectivity index (χ0) is 13.4. The summed E-state index contributed by atoms with van der Waals surface area (Å²) >= 11 is 5.97. The van der Waals surface area contributed by atoms with Crippen molar-refractivity contribution in [2.45, 2.75) is 0 Å². The van der Waals surface area contributed by atoms with E-state index in [4.69, 9.17) is 21.1 Å². The van der Waals surface area contributed by atoms with Crippen LogP contribution in [0.4, 0.5) is 5.69 Å². The van der Waals surface area contributed by atoms with Gasteiger partial charge in [-0.1, -0.05) is 11.6 Å². The second-order valence-corrected chi connectivity index (χ2v) is 3.95. The first kappa shape index (κ1) is 14.6. The second kappa shape index (κ2) is 7.79. The third kappa shape index (κ3) is 4.81. The van der Waals surface area contributed by atoms with E-state index < -0.39 is 0 Å². The number of halogens is 1. The number of nitrogens with one attached hydrogen (secondary N) is 2. The van der Waals surface area contributed by atoms with Gasteiger partial charge in [0.05, 0.1) is 25.3 Å². The number of hydrogen-bond donors (Lipinski definition) is 2. The largest absolute Gasteiger partial charge is 0.495 e. The maximum absolute atomic E-state index is 11.4. The van der Waals surface area contributed by atoms with Gasteiger partial charge in [0, 0.05) is 19.3 Å². The van der Waals surface area contributed by atoms with Crippen molar-refractivity contribution in [2.75, 3.05) is 39.2 Å². The Morgan fingerprint density at radius 1 is 1.39 bits per heavy atom. The van der Waals surface area contributed by atoms with Crippen LogP contribution in [0.3, 0.4) is 0 Å². The van der Waals surface area contributed by atoms with E-state index in [0.717, 1.165) is 5.69 Å². The summed E-state index contributed by atoms with van der Waals surface area (Å²) in [7, 11) is 3.14. The molecular weight excluding hydrogens is 256 g/mol. The lowest BCUT2D eigenvalue weighted by atomic mass is 10.3. The van der Waals surface area contributed by atoms with E-state index in [2.05, 4.69) is 10.6 Å². The number of benzene rings is 1. The molecule has 0 heterocycles. The third-order valence-electron chi connectivity index (χ3n) is 2.23. The van der Waals surface area contributed by atoms with E-state index in [9.17, 15) is 4.79 Å². The number of anilines is 1. The lowest BCUT2D eigenvalue weighted by Gasteiger charge is -2.09. The quantitative estimate of drug-likeness (QED) is 0.739. The van der Waals surface area contributed by atoms with E-state index in [1.165, 1.54) is 0 Å². The molecule has 0 bridgehead atoms. The van der Waals surface area contributed by atoms with Crippen molar-refractivity contribution in [1.82, 2.24) is 5.32 Å². The molecule has 18 heavy (non-hydrogen) atoms. The Kier molecular flexibility index (Phi) is 6.32. The summed E-state index contributed by atoms with van der Waals surface area (Å²) in [6.07, 6.45) is 0. The number of ether oxygens (including phenoxy) is 2. The van der Waals surface area contributed by atoms with Crippen LogP contribution < -0.4 is 15.4 Å². The fourth-order valence-electron chi connectivity index (χ4n) is 1.31. The molecule has 6 heteroatoms. The Hall–Kier alpha value is -1.46. The molecule has 0 unspecified atom stereocenters. The summed E-state index contributed by atoms with van der Waals surface area (Å²) in [5, 5.41) is 6.18. The highest BCUT2D eigenvalue weighted by Crippen LogP contribution is 2.26. The molecular formula is C12H17ClN2O3. The molecule has 1 aromatic rings. The molecule has 0 radical (unpaired) electrons. The number of carbonyl (C=O) groups is 1. The highest BCUT2D eigenvalue weighted by atomic mass is 35.5. The molecule has 0 aliphatic carbocycles. The first-order chi connectivity index (χ1) is 8.67. The van der Waals surface area contributed by atoms with Gasteiger partial charge in [-0.15, -0.1) is 0 Å². The predicted molar refractivity (Wildman–Crippen MR) is 71.4 cm³/mol. The predicted octanol–water partition coefficient (Wildman–Crippen LogP) is 1.52. The average molecular weight is 273 g/mol. The van der Waals surface area contributed by atoms with Gasteiger partial charge in [0.1, 0.15) is 5.75 Å². The topological polar surface area (TPSA) is 59.6 Å². The molecule has 0 aliphatic heterocycles.